The van der Waals surface area contributed by atoms with Crippen LogP contribution < -0.4 is 11.1 Å². The van der Waals surface area contributed by atoms with E-state index in [0.29, 0.717) is 17.2 Å². The number of nitrogens with one attached hydrogen (secondary N) is 2. The Morgan fingerprint density at radius 3 is 2.59 bits per heavy atom. The maximum absolute atomic E-state index is 12.0. The van der Waals surface area contributed by atoms with Crippen LogP contribution in [0.5, 0.6) is 0 Å². The first-order valence-corrected chi connectivity index (χ1v) is 5.92. The third-order valence-electron chi connectivity index (χ3n) is 3.13. The van der Waals surface area contributed by atoms with Crippen molar-refractivity contribution in [1.82, 2.24) is 5.32 Å². The van der Waals surface area contributed by atoms with Crippen molar-refractivity contribution in [3.8, 4) is 0 Å². The molecular weight excluding hydrogens is 214 g/mol. The SMILES string of the molecule is N=C(N)c1cccc(C(=O)NC2CCCC2)c1. The Morgan fingerprint density at radius 2 is 1.94 bits per heavy atom. The molecule has 1 aromatic rings. The van der Waals surface area contributed by atoms with E-state index in [-0.39, 0.29) is 11.7 Å². The summed E-state index contributed by atoms with van der Waals surface area (Å²) in [5.74, 6) is -0.0829. The van der Waals surface area contributed by atoms with E-state index in [1.165, 1.54) is 12.8 Å². The van der Waals surface area contributed by atoms with Gasteiger partial charge in [0.1, 0.15) is 5.84 Å². The van der Waals surface area contributed by atoms with Crippen molar-refractivity contribution in [2.45, 2.75) is 31.7 Å². The lowest BCUT2D eigenvalue weighted by Gasteiger charge is -2.12. The van der Waals surface area contributed by atoms with Crippen LogP contribution in [0.3, 0.4) is 0 Å². The zero-order valence-electron chi connectivity index (χ0n) is 9.70. The zero-order chi connectivity index (χ0) is 12.3. The first-order valence-electron chi connectivity index (χ1n) is 5.92. The topological polar surface area (TPSA) is 79.0 Å². The number of hydrogen-bond acceptors (Lipinski definition) is 2. The lowest BCUT2D eigenvalue weighted by molar-refractivity contribution is 0.0938. The second-order valence-electron chi connectivity index (χ2n) is 4.45. The number of benzene rings is 1. The molecule has 0 heterocycles. The smallest absolute Gasteiger partial charge is 0.251 e. The molecule has 0 saturated heterocycles. The molecule has 0 spiro atoms. The number of carbonyl (C=O) groups excluding carboxylic acids is 1. The first kappa shape index (κ1) is 11.6. The van der Waals surface area contributed by atoms with Gasteiger partial charge in [-0.05, 0) is 25.0 Å². The summed E-state index contributed by atoms with van der Waals surface area (Å²) in [6, 6.07) is 7.20. The fourth-order valence-corrected chi connectivity index (χ4v) is 2.17. The van der Waals surface area contributed by atoms with Gasteiger partial charge in [-0.1, -0.05) is 25.0 Å². The molecule has 0 aromatic heterocycles. The van der Waals surface area contributed by atoms with Crippen molar-refractivity contribution in [3.05, 3.63) is 35.4 Å². The number of hydrogen-bond donors (Lipinski definition) is 3. The van der Waals surface area contributed by atoms with E-state index >= 15 is 0 Å². The lowest BCUT2D eigenvalue weighted by atomic mass is 10.1. The van der Waals surface area contributed by atoms with Crippen molar-refractivity contribution < 1.29 is 4.79 Å². The molecule has 0 unspecified atom stereocenters. The predicted molar refractivity (Wildman–Crippen MR) is 67.2 cm³/mol. The molecule has 17 heavy (non-hydrogen) atoms. The molecule has 1 fully saturated rings. The van der Waals surface area contributed by atoms with E-state index in [1.54, 1.807) is 24.3 Å². The summed E-state index contributed by atoms with van der Waals surface area (Å²) in [7, 11) is 0. The Kier molecular flexibility index (Phi) is 3.42. The van der Waals surface area contributed by atoms with Crippen LogP contribution in [0.15, 0.2) is 24.3 Å². The van der Waals surface area contributed by atoms with Gasteiger partial charge in [-0.25, -0.2) is 0 Å². The molecule has 1 aromatic carbocycles. The third-order valence-corrected chi connectivity index (χ3v) is 3.13. The van der Waals surface area contributed by atoms with Crippen LogP contribution in [-0.4, -0.2) is 17.8 Å². The Labute approximate surface area is 101 Å². The summed E-state index contributed by atoms with van der Waals surface area (Å²) in [6.45, 7) is 0. The molecule has 0 atom stereocenters. The second-order valence-corrected chi connectivity index (χ2v) is 4.45. The molecule has 0 radical (unpaired) electrons. The van der Waals surface area contributed by atoms with Crippen molar-refractivity contribution in [2.24, 2.45) is 5.73 Å². The molecule has 4 nitrogen and oxygen atoms in total. The van der Waals surface area contributed by atoms with Crippen molar-refractivity contribution in [2.75, 3.05) is 0 Å². The van der Waals surface area contributed by atoms with Crippen LogP contribution in [0, 0.1) is 5.41 Å². The molecule has 2 rings (SSSR count). The normalized spacial score (nSPS) is 15.8. The minimum Gasteiger partial charge on any atom is -0.384 e. The van der Waals surface area contributed by atoms with Gasteiger partial charge in [0.15, 0.2) is 0 Å². The van der Waals surface area contributed by atoms with Crippen LogP contribution in [0.25, 0.3) is 0 Å². The summed E-state index contributed by atoms with van der Waals surface area (Å²) in [5, 5.41) is 10.4. The van der Waals surface area contributed by atoms with Crippen molar-refractivity contribution in [1.29, 1.82) is 5.41 Å². The maximum atomic E-state index is 12.0. The van der Waals surface area contributed by atoms with Gasteiger partial charge in [0.05, 0.1) is 0 Å². The van der Waals surface area contributed by atoms with Crippen LogP contribution in [-0.2, 0) is 0 Å². The first-order chi connectivity index (χ1) is 8.16. The van der Waals surface area contributed by atoms with Gasteiger partial charge in [-0.2, -0.15) is 0 Å². The maximum Gasteiger partial charge on any atom is 0.251 e. The van der Waals surface area contributed by atoms with Crippen LogP contribution in [0.1, 0.15) is 41.6 Å². The average molecular weight is 231 g/mol. The fraction of sp³-hybridized carbons (Fsp3) is 0.385. The summed E-state index contributed by atoms with van der Waals surface area (Å²) >= 11 is 0. The van der Waals surface area contributed by atoms with Crippen LogP contribution in [0.4, 0.5) is 0 Å². The molecule has 4 heteroatoms. The average Bonchev–Trinajstić information content (AvgIpc) is 2.82. The number of amidine groups is 1. The largest absolute Gasteiger partial charge is 0.384 e. The molecule has 1 amide bonds. The highest BCUT2D eigenvalue weighted by Gasteiger charge is 2.18. The second kappa shape index (κ2) is 4.99. The number of rotatable bonds is 3. The van der Waals surface area contributed by atoms with E-state index < -0.39 is 0 Å². The number of nitrogens with two attached hydrogens (primary N) is 1. The van der Waals surface area contributed by atoms with E-state index in [2.05, 4.69) is 5.32 Å². The van der Waals surface area contributed by atoms with Crippen molar-refractivity contribution >= 4 is 11.7 Å². The van der Waals surface area contributed by atoms with Gasteiger partial charge in [-0.3, -0.25) is 10.2 Å². The minimum atomic E-state index is -0.0694. The Balaban J connectivity index is 2.07. The van der Waals surface area contributed by atoms with Gasteiger partial charge in [-0.15, -0.1) is 0 Å². The Morgan fingerprint density at radius 1 is 1.29 bits per heavy atom. The van der Waals surface area contributed by atoms with Crippen LogP contribution >= 0.6 is 0 Å². The summed E-state index contributed by atoms with van der Waals surface area (Å²) in [5.41, 5.74) is 6.56. The quantitative estimate of drug-likeness (QED) is 0.546. The predicted octanol–water partition coefficient (Wildman–Crippen LogP) is 1.64. The highest BCUT2D eigenvalue weighted by Crippen LogP contribution is 2.18. The summed E-state index contributed by atoms with van der Waals surface area (Å²) in [6.07, 6.45) is 4.52. The molecule has 90 valence electrons. The highest BCUT2D eigenvalue weighted by atomic mass is 16.1. The number of nitrogen functional groups attached to an aromatic ring is 1. The molecule has 1 aliphatic carbocycles. The standard InChI is InChI=1S/C13H17N3O/c14-12(15)9-4-3-5-10(8-9)13(17)16-11-6-1-2-7-11/h3-5,8,11H,1-2,6-7H2,(H3,14,15)(H,16,17). The molecule has 0 aliphatic heterocycles. The Bertz CT molecular complexity index is 436. The zero-order valence-corrected chi connectivity index (χ0v) is 9.70. The Hall–Kier alpha value is -1.84. The van der Waals surface area contributed by atoms with E-state index in [1.807, 2.05) is 0 Å². The van der Waals surface area contributed by atoms with Gasteiger partial charge in [0.2, 0.25) is 0 Å². The van der Waals surface area contributed by atoms with E-state index in [9.17, 15) is 4.79 Å². The third kappa shape index (κ3) is 2.84. The molecule has 1 aliphatic rings. The van der Waals surface area contributed by atoms with Gasteiger partial charge < -0.3 is 11.1 Å². The summed E-state index contributed by atoms with van der Waals surface area (Å²) in [4.78, 5) is 12.0. The molecular formula is C13H17N3O. The number of carbonyl (C=O) groups is 1. The monoisotopic (exact) mass is 231 g/mol. The lowest BCUT2D eigenvalue weighted by Crippen LogP contribution is -2.32. The molecule has 1 saturated carbocycles. The fourth-order valence-electron chi connectivity index (χ4n) is 2.17. The summed E-state index contributed by atoms with van der Waals surface area (Å²) < 4.78 is 0. The molecule has 4 N–H and O–H groups in total. The number of amides is 1. The van der Waals surface area contributed by atoms with Gasteiger partial charge >= 0.3 is 0 Å². The highest BCUT2D eigenvalue weighted by molar-refractivity contribution is 6.00. The minimum absolute atomic E-state index is 0.0134. The van der Waals surface area contributed by atoms with E-state index in [0.717, 1.165) is 12.8 Å². The molecule has 0 bridgehead atoms. The van der Waals surface area contributed by atoms with E-state index in [4.69, 9.17) is 11.1 Å². The van der Waals surface area contributed by atoms with Crippen LogP contribution in [0.2, 0.25) is 0 Å². The van der Waals surface area contributed by atoms with Gasteiger partial charge in [0.25, 0.3) is 5.91 Å². The van der Waals surface area contributed by atoms with Crippen molar-refractivity contribution in [3.63, 3.8) is 0 Å². The van der Waals surface area contributed by atoms with Gasteiger partial charge in [0, 0.05) is 17.2 Å².